The molecule has 1 atom stereocenters. The molecule has 1 aliphatic heterocycles. The summed E-state index contributed by atoms with van der Waals surface area (Å²) >= 11 is 6.09. The minimum atomic E-state index is 0.247. The highest BCUT2D eigenvalue weighted by molar-refractivity contribution is 6.30. The molecule has 0 radical (unpaired) electrons. The lowest BCUT2D eigenvalue weighted by atomic mass is 10.1. The van der Waals surface area contributed by atoms with Crippen LogP contribution in [0.5, 0.6) is 0 Å². The number of aryl methyl sites for hydroxylation is 1. The summed E-state index contributed by atoms with van der Waals surface area (Å²) in [6, 6.07) is 6.46. The molecule has 1 aliphatic rings. The molecule has 3 nitrogen and oxygen atoms in total. The van der Waals surface area contributed by atoms with E-state index in [1.54, 1.807) is 0 Å². The number of likely N-dealkylation sites (N-methyl/N-ethyl adjacent to an activating group) is 1. The van der Waals surface area contributed by atoms with Crippen LogP contribution in [-0.4, -0.2) is 49.3 Å². The highest BCUT2D eigenvalue weighted by atomic mass is 35.5. The van der Waals surface area contributed by atoms with Crippen molar-refractivity contribution in [1.29, 1.82) is 0 Å². The predicted molar refractivity (Wildman–Crippen MR) is 76.5 cm³/mol. The average molecular weight is 269 g/mol. The Balaban J connectivity index is 2.16. The first-order valence-electron chi connectivity index (χ1n) is 6.44. The minimum Gasteiger partial charge on any atom is -0.396 e. The first-order valence-corrected chi connectivity index (χ1v) is 6.82. The molecule has 18 heavy (non-hydrogen) atoms. The van der Waals surface area contributed by atoms with E-state index in [9.17, 15) is 0 Å². The van der Waals surface area contributed by atoms with Crippen LogP contribution in [0, 0.1) is 6.92 Å². The maximum absolute atomic E-state index is 9.13. The van der Waals surface area contributed by atoms with Crippen molar-refractivity contribution >= 4 is 17.3 Å². The van der Waals surface area contributed by atoms with Crippen LogP contribution in [-0.2, 0) is 0 Å². The fourth-order valence-electron chi connectivity index (χ4n) is 2.55. The van der Waals surface area contributed by atoms with Crippen molar-refractivity contribution in [2.24, 2.45) is 0 Å². The van der Waals surface area contributed by atoms with E-state index in [0.717, 1.165) is 31.1 Å². The van der Waals surface area contributed by atoms with Crippen LogP contribution >= 0.6 is 11.6 Å². The third-order valence-electron chi connectivity index (χ3n) is 3.75. The van der Waals surface area contributed by atoms with Crippen molar-refractivity contribution in [3.05, 3.63) is 28.8 Å². The van der Waals surface area contributed by atoms with Crippen molar-refractivity contribution in [3.8, 4) is 0 Å². The van der Waals surface area contributed by atoms with Gasteiger partial charge in [0, 0.05) is 43.0 Å². The van der Waals surface area contributed by atoms with Gasteiger partial charge < -0.3 is 10.0 Å². The van der Waals surface area contributed by atoms with Crippen molar-refractivity contribution in [3.63, 3.8) is 0 Å². The first-order chi connectivity index (χ1) is 8.61. The number of hydrogen-bond acceptors (Lipinski definition) is 3. The summed E-state index contributed by atoms with van der Waals surface area (Å²) in [7, 11) is 2.13. The lowest BCUT2D eigenvalue weighted by Crippen LogP contribution is -2.52. The number of aliphatic hydroxyl groups excluding tert-OH is 1. The van der Waals surface area contributed by atoms with Gasteiger partial charge in [-0.2, -0.15) is 0 Å². The minimum absolute atomic E-state index is 0.247. The Bertz CT molecular complexity index is 411. The Morgan fingerprint density at radius 1 is 1.39 bits per heavy atom. The number of aliphatic hydroxyl groups is 1. The number of hydrogen-bond donors (Lipinski definition) is 1. The van der Waals surface area contributed by atoms with E-state index in [2.05, 4.69) is 29.8 Å². The van der Waals surface area contributed by atoms with Gasteiger partial charge in [0.05, 0.1) is 0 Å². The summed E-state index contributed by atoms with van der Waals surface area (Å²) in [6.45, 7) is 5.36. The second-order valence-corrected chi connectivity index (χ2v) is 5.46. The quantitative estimate of drug-likeness (QED) is 0.910. The average Bonchev–Trinajstić information content (AvgIpc) is 2.35. The summed E-state index contributed by atoms with van der Waals surface area (Å²) in [5.41, 5.74) is 2.48. The van der Waals surface area contributed by atoms with E-state index in [1.165, 1.54) is 11.3 Å². The van der Waals surface area contributed by atoms with E-state index in [-0.39, 0.29) is 6.61 Å². The van der Waals surface area contributed by atoms with Gasteiger partial charge in [-0.05, 0) is 38.1 Å². The standard InChI is InChI=1S/C14H21ClN2O/c1-11-3-4-12(15)9-14(11)17-7-6-16(2)13(10-17)5-8-18/h3-4,9,13,18H,5-8,10H2,1-2H3. The van der Waals surface area contributed by atoms with Gasteiger partial charge >= 0.3 is 0 Å². The predicted octanol–water partition coefficient (Wildman–Crippen LogP) is 2.15. The van der Waals surface area contributed by atoms with Crippen molar-refractivity contribution < 1.29 is 5.11 Å². The topological polar surface area (TPSA) is 26.7 Å². The molecule has 1 fully saturated rings. The van der Waals surface area contributed by atoms with Gasteiger partial charge in [-0.25, -0.2) is 0 Å². The molecular weight excluding hydrogens is 248 g/mol. The van der Waals surface area contributed by atoms with Gasteiger partial charge in [-0.15, -0.1) is 0 Å². The fourth-order valence-corrected chi connectivity index (χ4v) is 2.72. The van der Waals surface area contributed by atoms with Crippen LogP contribution in [0.25, 0.3) is 0 Å². The molecule has 1 unspecified atom stereocenters. The van der Waals surface area contributed by atoms with Crippen LogP contribution in [0.3, 0.4) is 0 Å². The SMILES string of the molecule is Cc1ccc(Cl)cc1N1CCN(C)C(CCO)C1. The van der Waals surface area contributed by atoms with Gasteiger partial charge in [0.15, 0.2) is 0 Å². The lowest BCUT2D eigenvalue weighted by molar-refractivity contribution is 0.171. The molecule has 1 aromatic carbocycles. The highest BCUT2D eigenvalue weighted by Gasteiger charge is 2.24. The largest absolute Gasteiger partial charge is 0.396 e. The number of benzene rings is 1. The van der Waals surface area contributed by atoms with E-state index in [1.807, 2.05) is 12.1 Å². The van der Waals surface area contributed by atoms with Crippen LogP contribution < -0.4 is 4.90 Å². The Kier molecular flexibility index (Phi) is 4.49. The molecule has 100 valence electrons. The van der Waals surface area contributed by atoms with Crippen LogP contribution in [0.15, 0.2) is 18.2 Å². The normalized spacial score (nSPS) is 21.3. The maximum Gasteiger partial charge on any atom is 0.0446 e. The molecule has 1 aromatic rings. The number of piperazine rings is 1. The maximum atomic E-state index is 9.13. The van der Waals surface area contributed by atoms with Gasteiger partial charge in [-0.3, -0.25) is 4.90 Å². The summed E-state index contributed by atoms with van der Waals surface area (Å²) in [5.74, 6) is 0. The Morgan fingerprint density at radius 3 is 2.89 bits per heavy atom. The zero-order valence-electron chi connectivity index (χ0n) is 11.1. The van der Waals surface area contributed by atoms with Gasteiger partial charge in [0.1, 0.15) is 0 Å². The van der Waals surface area contributed by atoms with Crippen LogP contribution in [0.2, 0.25) is 5.02 Å². The van der Waals surface area contributed by atoms with E-state index >= 15 is 0 Å². The number of rotatable bonds is 3. The molecule has 0 spiro atoms. The summed E-state index contributed by atoms with van der Waals surface area (Å²) in [6.07, 6.45) is 0.826. The molecule has 0 aliphatic carbocycles. The number of nitrogens with zero attached hydrogens (tertiary/aromatic N) is 2. The summed E-state index contributed by atoms with van der Waals surface area (Å²) < 4.78 is 0. The second kappa shape index (κ2) is 5.91. The van der Waals surface area contributed by atoms with Gasteiger partial charge in [-0.1, -0.05) is 17.7 Å². The third kappa shape index (κ3) is 2.97. The molecule has 1 N–H and O–H groups in total. The van der Waals surface area contributed by atoms with Gasteiger partial charge in [0.2, 0.25) is 0 Å². The molecule has 0 amide bonds. The van der Waals surface area contributed by atoms with Crippen LogP contribution in [0.4, 0.5) is 5.69 Å². The van der Waals surface area contributed by atoms with E-state index in [0.29, 0.717) is 6.04 Å². The zero-order valence-corrected chi connectivity index (χ0v) is 11.8. The van der Waals surface area contributed by atoms with Gasteiger partial charge in [0.25, 0.3) is 0 Å². The van der Waals surface area contributed by atoms with Crippen molar-refractivity contribution in [2.45, 2.75) is 19.4 Å². The number of anilines is 1. The Hall–Kier alpha value is -0.770. The molecule has 0 aromatic heterocycles. The summed E-state index contributed by atoms with van der Waals surface area (Å²) in [4.78, 5) is 4.70. The molecular formula is C14H21ClN2O. The smallest absolute Gasteiger partial charge is 0.0446 e. The Labute approximate surface area is 114 Å². The third-order valence-corrected chi connectivity index (χ3v) is 3.99. The zero-order chi connectivity index (χ0) is 13.1. The fraction of sp³-hybridized carbons (Fsp3) is 0.571. The lowest BCUT2D eigenvalue weighted by Gasteiger charge is -2.41. The Morgan fingerprint density at radius 2 is 2.17 bits per heavy atom. The highest BCUT2D eigenvalue weighted by Crippen LogP contribution is 2.26. The monoisotopic (exact) mass is 268 g/mol. The van der Waals surface area contributed by atoms with E-state index < -0.39 is 0 Å². The second-order valence-electron chi connectivity index (χ2n) is 5.02. The van der Waals surface area contributed by atoms with E-state index in [4.69, 9.17) is 16.7 Å². The molecule has 4 heteroatoms. The van der Waals surface area contributed by atoms with Crippen molar-refractivity contribution in [1.82, 2.24) is 4.90 Å². The molecule has 2 rings (SSSR count). The molecule has 0 bridgehead atoms. The number of halogens is 1. The first kappa shape index (κ1) is 13.7. The van der Waals surface area contributed by atoms with Crippen molar-refractivity contribution in [2.75, 3.05) is 38.2 Å². The van der Waals surface area contributed by atoms with Crippen LogP contribution in [0.1, 0.15) is 12.0 Å². The molecule has 0 saturated carbocycles. The molecule has 1 saturated heterocycles. The molecule has 1 heterocycles. The summed E-state index contributed by atoms with van der Waals surface area (Å²) in [5, 5.41) is 9.91.